The van der Waals surface area contributed by atoms with Crippen LogP contribution in [0.3, 0.4) is 0 Å². The first kappa shape index (κ1) is 20.5. The molecule has 0 bridgehead atoms. The van der Waals surface area contributed by atoms with E-state index in [1.807, 2.05) is 36.4 Å². The molecule has 0 spiro atoms. The highest BCUT2D eigenvalue weighted by atomic mass is 28.4. The van der Waals surface area contributed by atoms with Crippen molar-refractivity contribution in [2.24, 2.45) is 0 Å². The van der Waals surface area contributed by atoms with Gasteiger partial charge >= 0.3 is 8.56 Å². The standard InChI is InChI=1S/C22H32O4Si/c1-21(2,3)27(22(4,5)6)24-15-20-19(26-27)13-12-17(25-20)14-18(23)16-10-8-7-9-11-16/h7-13,17,19-20H,14-15H2,1-6H3/t17-,19+,20-/m1/s1. The zero-order valence-electron chi connectivity index (χ0n) is 17.3. The molecule has 0 amide bonds. The Morgan fingerprint density at radius 3 is 2.26 bits per heavy atom. The van der Waals surface area contributed by atoms with Crippen molar-refractivity contribution in [2.45, 2.75) is 76.4 Å². The van der Waals surface area contributed by atoms with E-state index in [4.69, 9.17) is 13.6 Å². The van der Waals surface area contributed by atoms with Crippen LogP contribution in [0.1, 0.15) is 58.3 Å². The van der Waals surface area contributed by atoms with E-state index in [-0.39, 0.29) is 34.2 Å². The van der Waals surface area contributed by atoms with Gasteiger partial charge in [-0.05, 0) is 0 Å². The molecule has 0 saturated carbocycles. The summed E-state index contributed by atoms with van der Waals surface area (Å²) in [6.45, 7) is 13.8. The van der Waals surface area contributed by atoms with Gasteiger partial charge in [0.1, 0.15) is 6.10 Å². The van der Waals surface area contributed by atoms with Gasteiger partial charge in [0.05, 0.1) is 18.8 Å². The lowest BCUT2D eigenvalue weighted by atomic mass is 10.0. The Hall–Kier alpha value is -1.27. The molecule has 0 aliphatic carbocycles. The number of fused-ring (bicyclic) bond motifs is 1. The molecule has 3 atom stereocenters. The molecule has 27 heavy (non-hydrogen) atoms. The zero-order valence-corrected chi connectivity index (χ0v) is 18.3. The number of carbonyl (C=O) groups is 1. The van der Waals surface area contributed by atoms with E-state index in [9.17, 15) is 4.79 Å². The third-order valence-corrected chi connectivity index (χ3v) is 10.6. The average molecular weight is 389 g/mol. The number of ketones is 1. The molecule has 1 saturated heterocycles. The molecule has 2 aliphatic rings. The summed E-state index contributed by atoms with van der Waals surface area (Å²) in [6, 6.07) is 9.36. The second-order valence-electron chi connectivity index (χ2n) is 9.60. The zero-order chi connectivity index (χ0) is 19.9. The van der Waals surface area contributed by atoms with Gasteiger partial charge in [0.15, 0.2) is 5.78 Å². The highest BCUT2D eigenvalue weighted by molar-refractivity contribution is 6.73. The molecule has 0 aromatic heterocycles. The quantitative estimate of drug-likeness (QED) is 0.413. The predicted octanol–water partition coefficient (Wildman–Crippen LogP) is 5.04. The highest BCUT2D eigenvalue weighted by Gasteiger charge is 2.62. The average Bonchev–Trinajstić information content (AvgIpc) is 2.60. The first-order valence-corrected chi connectivity index (χ1v) is 11.6. The Morgan fingerprint density at radius 2 is 1.67 bits per heavy atom. The van der Waals surface area contributed by atoms with Crippen LogP contribution in [0.4, 0.5) is 0 Å². The first-order chi connectivity index (χ1) is 12.5. The smallest absolute Gasteiger partial charge is 0.349 e. The minimum absolute atomic E-state index is 0.0514. The summed E-state index contributed by atoms with van der Waals surface area (Å²) in [6.07, 6.45) is 3.91. The fourth-order valence-corrected chi connectivity index (χ4v) is 9.24. The van der Waals surface area contributed by atoms with E-state index in [1.165, 1.54) is 0 Å². The SMILES string of the molecule is CC(C)(C)[Si]1(C(C)(C)C)OC[C@H]2O[C@@H](CC(=O)c3ccccc3)C=C[C@@H]2O1. The van der Waals surface area contributed by atoms with E-state index >= 15 is 0 Å². The third-order valence-electron chi connectivity index (χ3n) is 5.44. The van der Waals surface area contributed by atoms with Crippen LogP contribution < -0.4 is 0 Å². The van der Waals surface area contributed by atoms with Crippen LogP contribution in [0.15, 0.2) is 42.5 Å². The summed E-state index contributed by atoms with van der Waals surface area (Å²) in [7, 11) is -2.50. The van der Waals surface area contributed by atoms with Crippen LogP contribution in [-0.2, 0) is 13.6 Å². The largest absolute Gasteiger partial charge is 0.391 e. The van der Waals surface area contributed by atoms with Crippen molar-refractivity contribution in [3.8, 4) is 0 Å². The van der Waals surface area contributed by atoms with Crippen LogP contribution in [0, 0.1) is 0 Å². The molecule has 1 fully saturated rings. The highest BCUT2D eigenvalue weighted by Crippen LogP contribution is 2.54. The van der Waals surface area contributed by atoms with E-state index in [2.05, 4.69) is 47.6 Å². The van der Waals surface area contributed by atoms with Crippen molar-refractivity contribution in [1.82, 2.24) is 0 Å². The number of benzene rings is 1. The molecule has 1 aromatic rings. The van der Waals surface area contributed by atoms with Crippen LogP contribution in [0.5, 0.6) is 0 Å². The summed E-state index contributed by atoms with van der Waals surface area (Å²) in [5.74, 6) is 0.0921. The van der Waals surface area contributed by atoms with Gasteiger partial charge in [0.2, 0.25) is 0 Å². The van der Waals surface area contributed by atoms with Crippen molar-refractivity contribution < 1.29 is 18.4 Å². The Balaban J connectivity index is 1.73. The second kappa shape index (κ2) is 7.28. The molecule has 2 aliphatic heterocycles. The fraction of sp³-hybridized carbons (Fsp3) is 0.591. The minimum atomic E-state index is -2.50. The van der Waals surface area contributed by atoms with E-state index < -0.39 is 8.56 Å². The number of hydrogen-bond acceptors (Lipinski definition) is 4. The van der Waals surface area contributed by atoms with Crippen LogP contribution in [0.2, 0.25) is 10.1 Å². The number of ether oxygens (including phenoxy) is 1. The van der Waals surface area contributed by atoms with Crippen molar-refractivity contribution in [2.75, 3.05) is 6.61 Å². The molecule has 3 rings (SSSR count). The number of rotatable bonds is 3. The van der Waals surface area contributed by atoms with Gasteiger partial charge in [0, 0.05) is 22.1 Å². The lowest BCUT2D eigenvalue weighted by Crippen LogP contribution is -2.65. The van der Waals surface area contributed by atoms with Gasteiger partial charge in [-0.1, -0.05) is 84.0 Å². The van der Waals surface area contributed by atoms with Crippen LogP contribution >= 0.6 is 0 Å². The Labute approximate surface area is 164 Å². The first-order valence-electron chi connectivity index (χ1n) is 9.77. The van der Waals surface area contributed by atoms with Crippen molar-refractivity contribution in [3.63, 3.8) is 0 Å². The van der Waals surface area contributed by atoms with Gasteiger partial charge in [-0.25, -0.2) is 0 Å². The number of carbonyl (C=O) groups excluding carboxylic acids is 1. The van der Waals surface area contributed by atoms with Crippen molar-refractivity contribution in [1.29, 1.82) is 0 Å². The van der Waals surface area contributed by atoms with Gasteiger partial charge in [-0.2, -0.15) is 0 Å². The monoisotopic (exact) mass is 388 g/mol. The molecule has 148 valence electrons. The molecule has 4 nitrogen and oxygen atoms in total. The lowest BCUT2D eigenvalue weighted by Gasteiger charge is -2.55. The van der Waals surface area contributed by atoms with E-state index in [0.717, 1.165) is 5.56 Å². The molecule has 5 heteroatoms. The third kappa shape index (κ3) is 3.97. The minimum Gasteiger partial charge on any atom is -0.391 e. The maximum Gasteiger partial charge on any atom is 0.349 e. The second-order valence-corrected chi connectivity index (χ2v) is 14.4. The Bertz CT molecular complexity index is 685. The van der Waals surface area contributed by atoms with Crippen LogP contribution in [0.25, 0.3) is 0 Å². The molecule has 0 unspecified atom stereocenters. The van der Waals surface area contributed by atoms with Crippen molar-refractivity contribution in [3.05, 3.63) is 48.0 Å². The van der Waals surface area contributed by atoms with E-state index in [1.54, 1.807) is 0 Å². The van der Waals surface area contributed by atoms with E-state index in [0.29, 0.717) is 13.0 Å². The lowest BCUT2D eigenvalue weighted by molar-refractivity contribution is -0.115. The molecular formula is C22H32O4Si. The maximum absolute atomic E-state index is 12.5. The van der Waals surface area contributed by atoms with Gasteiger partial charge in [-0.15, -0.1) is 0 Å². The molecule has 0 radical (unpaired) electrons. The summed E-state index contributed by atoms with van der Waals surface area (Å²) in [5.41, 5.74) is 0.722. The fourth-order valence-electron chi connectivity index (χ4n) is 4.33. The Morgan fingerprint density at radius 1 is 1.04 bits per heavy atom. The maximum atomic E-state index is 12.5. The number of Topliss-reactive ketones (excluding diaryl/α,β-unsaturated/α-hetero) is 1. The Kier molecular flexibility index (Phi) is 5.52. The number of hydrogen-bond donors (Lipinski definition) is 0. The summed E-state index contributed by atoms with van der Waals surface area (Å²) >= 11 is 0. The molecule has 2 heterocycles. The molecular weight excluding hydrogens is 356 g/mol. The van der Waals surface area contributed by atoms with Gasteiger partial charge < -0.3 is 13.6 Å². The predicted molar refractivity (Wildman–Crippen MR) is 109 cm³/mol. The van der Waals surface area contributed by atoms with Crippen LogP contribution in [-0.4, -0.2) is 39.3 Å². The van der Waals surface area contributed by atoms with Gasteiger partial charge in [-0.3, -0.25) is 4.79 Å². The normalized spacial score (nSPS) is 27.9. The summed E-state index contributed by atoms with van der Waals surface area (Å²) in [5, 5.41) is -0.103. The van der Waals surface area contributed by atoms with Crippen molar-refractivity contribution >= 4 is 14.3 Å². The van der Waals surface area contributed by atoms with Gasteiger partial charge in [0.25, 0.3) is 0 Å². The summed E-state index contributed by atoms with van der Waals surface area (Å²) in [4.78, 5) is 12.5. The molecule has 0 N–H and O–H groups in total. The summed E-state index contributed by atoms with van der Waals surface area (Å²) < 4.78 is 19.3. The topological polar surface area (TPSA) is 44.8 Å². The molecule has 1 aromatic carbocycles.